The molecule has 1 amide bonds. The summed E-state index contributed by atoms with van der Waals surface area (Å²) < 4.78 is 0. The summed E-state index contributed by atoms with van der Waals surface area (Å²) in [5, 5.41) is 9.44. The summed E-state index contributed by atoms with van der Waals surface area (Å²) in [5.74, 6) is -0.371. The molecule has 0 saturated carbocycles. The molecule has 1 saturated heterocycles. The molecule has 1 atom stereocenters. The number of hydrogen-bond acceptors (Lipinski definition) is 3. The molecule has 0 aromatic carbocycles. The van der Waals surface area contributed by atoms with Crippen molar-refractivity contribution in [2.45, 2.75) is 58.9 Å². The highest BCUT2D eigenvalue weighted by Gasteiger charge is 2.41. The highest BCUT2D eigenvalue weighted by molar-refractivity contribution is 5.82. The molecule has 0 radical (unpaired) electrons. The molecule has 1 fully saturated rings. The summed E-state index contributed by atoms with van der Waals surface area (Å²) in [4.78, 5) is 25.5. The van der Waals surface area contributed by atoms with Gasteiger partial charge in [0.25, 0.3) is 0 Å². The van der Waals surface area contributed by atoms with Gasteiger partial charge in [0, 0.05) is 13.1 Å². The van der Waals surface area contributed by atoms with Crippen LogP contribution in [-0.2, 0) is 9.59 Å². The predicted octanol–water partition coefficient (Wildman–Crippen LogP) is 1.85. The lowest BCUT2D eigenvalue weighted by Gasteiger charge is -2.39. The number of nitrogens with two attached hydrogens (primary N) is 1. The summed E-state index contributed by atoms with van der Waals surface area (Å²) in [6.07, 6.45) is 3.29. The van der Waals surface area contributed by atoms with Gasteiger partial charge in [0.2, 0.25) is 5.91 Å². The Labute approximate surface area is 121 Å². The third-order valence-corrected chi connectivity index (χ3v) is 4.26. The predicted molar refractivity (Wildman–Crippen MR) is 78.2 cm³/mol. The zero-order valence-electron chi connectivity index (χ0n) is 12.9. The Kier molecular flexibility index (Phi) is 5.99. The number of likely N-dealkylation sites (tertiary alicyclic amines) is 1. The van der Waals surface area contributed by atoms with Gasteiger partial charge < -0.3 is 15.7 Å². The minimum Gasteiger partial charge on any atom is -0.481 e. The van der Waals surface area contributed by atoms with E-state index in [0.717, 1.165) is 6.42 Å². The second-order valence-electron chi connectivity index (χ2n) is 6.40. The molecule has 0 spiro atoms. The van der Waals surface area contributed by atoms with Crippen molar-refractivity contribution in [1.29, 1.82) is 0 Å². The molecular formula is C15H28N2O3. The molecule has 1 aliphatic rings. The van der Waals surface area contributed by atoms with Gasteiger partial charge in [0.05, 0.1) is 11.5 Å². The molecule has 0 bridgehead atoms. The van der Waals surface area contributed by atoms with Crippen molar-refractivity contribution in [3.05, 3.63) is 0 Å². The van der Waals surface area contributed by atoms with E-state index in [1.54, 1.807) is 4.90 Å². The summed E-state index contributed by atoms with van der Waals surface area (Å²) >= 11 is 0. The van der Waals surface area contributed by atoms with Crippen molar-refractivity contribution < 1.29 is 14.7 Å². The quantitative estimate of drug-likeness (QED) is 0.779. The lowest BCUT2D eigenvalue weighted by atomic mass is 9.75. The molecule has 0 aromatic heterocycles. The van der Waals surface area contributed by atoms with Gasteiger partial charge in [-0.15, -0.1) is 0 Å². The molecule has 20 heavy (non-hydrogen) atoms. The van der Waals surface area contributed by atoms with Crippen molar-refractivity contribution in [3.8, 4) is 0 Å². The number of aliphatic carboxylic acids is 1. The molecule has 0 aliphatic carbocycles. The van der Waals surface area contributed by atoms with Crippen LogP contribution in [0.1, 0.15) is 52.9 Å². The fourth-order valence-electron chi connectivity index (χ4n) is 3.05. The standard InChI is InChI=1S/C15H28N2O3/c1-4-5-15(14(19)20)6-8-17(9-7-15)13(18)12(16)10-11(2)3/h11-12H,4-10,16H2,1-3H3,(H,19,20). The van der Waals surface area contributed by atoms with Crippen LogP contribution in [0.3, 0.4) is 0 Å². The van der Waals surface area contributed by atoms with Crippen LogP contribution in [0.2, 0.25) is 0 Å². The maximum Gasteiger partial charge on any atom is 0.309 e. The molecule has 1 aliphatic heterocycles. The first-order chi connectivity index (χ1) is 9.32. The van der Waals surface area contributed by atoms with Crippen LogP contribution >= 0.6 is 0 Å². The fraction of sp³-hybridized carbons (Fsp3) is 0.867. The number of amides is 1. The van der Waals surface area contributed by atoms with Gasteiger partial charge in [-0.2, -0.15) is 0 Å². The van der Waals surface area contributed by atoms with E-state index in [4.69, 9.17) is 5.73 Å². The van der Waals surface area contributed by atoms with E-state index in [9.17, 15) is 14.7 Å². The van der Waals surface area contributed by atoms with Crippen molar-refractivity contribution in [2.24, 2.45) is 17.1 Å². The maximum absolute atomic E-state index is 12.2. The number of rotatable bonds is 6. The fourth-order valence-corrected chi connectivity index (χ4v) is 3.05. The Balaban J connectivity index is 2.60. The highest BCUT2D eigenvalue weighted by atomic mass is 16.4. The molecule has 5 heteroatoms. The Morgan fingerprint density at radius 1 is 1.30 bits per heavy atom. The molecule has 1 unspecified atom stereocenters. The number of nitrogens with zero attached hydrogens (tertiary/aromatic N) is 1. The molecule has 3 N–H and O–H groups in total. The van der Waals surface area contributed by atoms with Crippen LogP contribution in [0.4, 0.5) is 0 Å². The van der Waals surface area contributed by atoms with Crippen LogP contribution in [0, 0.1) is 11.3 Å². The number of carbonyl (C=O) groups excluding carboxylic acids is 1. The van der Waals surface area contributed by atoms with Crippen LogP contribution in [0.25, 0.3) is 0 Å². The minimum atomic E-state index is -0.724. The first-order valence-corrected chi connectivity index (χ1v) is 7.60. The summed E-state index contributed by atoms with van der Waals surface area (Å²) in [7, 11) is 0. The van der Waals surface area contributed by atoms with Crippen molar-refractivity contribution in [3.63, 3.8) is 0 Å². The van der Waals surface area contributed by atoms with Gasteiger partial charge in [-0.25, -0.2) is 0 Å². The Bertz CT molecular complexity index is 347. The largest absolute Gasteiger partial charge is 0.481 e. The summed E-state index contributed by atoms with van der Waals surface area (Å²) in [6.45, 7) is 7.11. The SMILES string of the molecule is CCCC1(C(=O)O)CCN(C(=O)C(N)CC(C)C)CC1. The lowest BCUT2D eigenvalue weighted by molar-refractivity contribution is -0.155. The van der Waals surface area contributed by atoms with Crippen LogP contribution in [0.15, 0.2) is 0 Å². The zero-order chi connectivity index (χ0) is 15.3. The topological polar surface area (TPSA) is 83.6 Å². The van der Waals surface area contributed by atoms with Gasteiger partial charge in [0.1, 0.15) is 0 Å². The van der Waals surface area contributed by atoms with Gasteiger partial charge in [0.15, 0.2) is 0 Å². The van der Waals surface area contributed by atoms with Gasteiger partial charge in [-0.1, -0.05) is 27.2 Å². The van der Waals surface area contributed by atoms with E-state index in [1.807, 2.05) is 20.8 Å². The minimum absolute atomic E-state index is 0.0332. The Morgan fingerprint density at radius 2 is 1.85 bits per heavy atom. The number of carbonyl (C=O) groups is 2. The van der Waals surface area contributed by atoms with Gasteiger partial charge >= 0.3 is 5.97 Å². The normalized spacial score (nSPS) is 19.9. The van der Waals surface area contributed by atoms with Crippen molar-refractivity contribution in [1.82, 2.24) is 4.90 Å². The molecule has 0 aromatic rings. The molecule has 116 valence electrons. The second kappa shape index (κ2) is 7.07. The first kappa shape index (κ1) is 17.0. The third-order valence-electron chi connectivity index (χ3n) is 4.26. The molecule has 1 rings (SSSR count). The summed E-state index contributed by atoms with van der Waals surface area (Å²) in [5.41, 5.74) is 5.28. The second-order valence-corrected chi connectivity index (χ2v) is 6.40. The Morgan fingerprint density at radius 3 is 2.25 bits per heavy atom. The van der Waals surface area contributed by atoms with Crippen molar-refractivity contribution in [2.75, 3.05) is 13.1 Å². The number of carboxylic acids is 1. The Hall–Kier alpha value is -1.10. The number of carboxylic acid groups (broad SMARTS) is 1. The van der Waals surface area contributed by atoms with Crippen LogP contribution in [-0.4, -0.2) is 41.0 Å². The van der Waals surface area contributed by atoms with Gasteiger partial charge in [-0.05, 0) is 31.6 Å². The van der Waals surface area contributed by atoms with Crippen molar-refractivity contribution >= 4 is 11.9 Å². The summed E-state index contributed by atoms with van der Waals surface area (Å²) in [6, 6.07) is -0.460. The lowest BCUT2D eigenvalue weighted by Crippen LogP contribution is -2.51. The maximum atomic E-state index is 12.2. The smallest absolute Gasteiger partial charge is 0.309 e. The highest BCUT2D eigenvalue weighted by Crippen LogP contribution is 2.36. The number of hydrogen-bond donors (Lipinski definition) is 2. The van der Waals surface area contributed by atoms with E-state index in [2.05, 4.69) is 0 Å². The first-order valence-electron chi connectivity index (χ1n) is 7.60. The van der Waals surface area contributed by atoms with E-state index >= 15 is 0 Å². The third kappa shape index (κ3) is 3.95. The molecule has 1 heterocycles. The van der Waals surface area contributed by atoms with E-state index < -0.39 is 17.4 Å². The van der Waals surface area contributed by atoms with E-state index in [1.165, 1.54) is 0 Å². The van der Waals surface area contributed by atoms with E-state index in [-0.39, 0.29) is 5.91 Å². The zero-order valence-corrected chi connectivity index (χ0v) is 12.9. The average molecular weight is 284 g/mol. The van der Waals surface area contributed by atoms with E-state index in [0.29, 0.717) is 44.7 Å². The average Bonchev–Trinajstić information content (AvgIpc) is 2.38. The van der Waals surface area contributed by atoms with Gasteiger partial charge in [-0.3, -0.25) is 9.59 Å². The molecule has 5 nitrogen and oxygen atoms in total. The van der Waals surface area contributed by atoms with Crippen LogP contribution < -0.4 is 5.73 Å². The van der Waals surface area contributed by atoms with Crippen LogP contribution in [0.5, 0.6) is 0 Å². The monoisotopic (exact) mass is 284 g/mol. The molecular weight excluding hydrogens is 256 g/mol. The number of piperidine rings is 1.